The van der Waals surface area contributed by atoms with Gasteiger partial charge in [-0.2, -0.15) is 13.2 Å². The van der Waals surface area contributed by atoms with E-state index in [2.05, 4.69) is 15.9 Å². The first kappa shape index (κ1) is 14.8. The molecule has 0 saturated carbocycles. The van der Waals surface area contributed by atoms with Crippen molar-refractivity contribution in [2.45, 2.75) is 37.7 Å². The SMILES string of the molecule is CC(C)C(Br)C(=O)N1CCCC(C(F)(F)F)C1. The van der Waals surface area contributed by atoms with Crippen molar-refractivity contribution < 1.29 is 18.0 Å². The van der Waals surface area contributed by atoms with E-state index in [-0.39, 0.29) is 24.8 Å². The van der Waals surface area contributed by atoms with Gasteiger partial charge in [0.25, 0.3) is 0 Å². The average Bonchev–Trinajstić information content (AvgIpc) is 2.26. The first-order valence-electron chi connectivity index (χ1n) is 5.73. The Kier molecular flexibility index (Phi) is 4.86. The molecule has 17 heavy (non-hydrogen) atoms. The smallest absolute Gasteiger partial charge is 0.341 e. The van der Waals surface area contributed by atoms with Crippen molar-refractivity contribution in [1.29, 1.82) is 0 Å². The van der Waals surface area contributed by atoms with Crippen molar-refractivity contribution in [2.24, 2.45) is 11.8 Å². The zero-order valence-corrected chi connectivity index (χ0v) is 11.5. The van der Waals surface area contributed by atoms with Crippen LogP contribution in [0.1, 0.15) is 26.7 Å². The summed E-state index contributed by atoms with van der Waals surface area (Å²) in [5.74, 6) is -1.52. The highest BCUT2D eigenvalue weighted by atomic mass is 79.9. The molecule has 2 unspecified atom stereocenters. The summed E-state index contributed by atoms with van der Waals surface area (Å²) in [4.78, 5) is 12.9. The van der Waals surface area contributed by atoms with E-state index in [1.165, 1.54) is 4.90 Å². The number of carbonyl (C=O) groups is 1. The third-order valence-corrected chi connectivity index (χ3v) is 4.47. The Morgan fingerprint density at radius 3 is 2.47 bits per heavy atom. The molecular formula is C11H17BrF3NO. The van der Waals surface area contributed by atoms with Crippen LogP contribution in [0.4, 0.5) is 13.2 Å². The van der Waals surface area contributed by atoms with Crippen molar-refractivity contribution in [1.82, 2.24) is 4.90 Å². The summed E-state index contributed by atoms with van der Waals surface area (Å²) in [6.07, 6.45) is -3.64. The minimum atomic E-state index is -4.20. The lowest BCUT2D eigenvalue weighted by molar-refractivity contribution is -0.188. The molecule has 0 aliphatic carbocycles. The lowest BCUT2D eigenvalue weighted by atomic mass is 9.96. The zero-order valence-electron chi connectivity index (χ0n) is 9.93. The van der Waals surface area contributed by atoms with Gasteiger partial charge in [0.05, 0.1) is 10.7 Å². The third-order valence-electron chi connectivity index (χ3n) is 3.02. The van der Waals surface area contributed by atoms with Gasteiger partial charge in [-0.05, 0) is 18.8 Å². The fraction of sp³-hybridized carbons (Fsp3) is 0.909. The molecule has 1 rings (SSSR count). The molecule has 1 heterocycles. The second-order valence-electron chi connectivity index (χ2n) is 4.81. The Bertz CT molecular complexity index is 280. The summed E-state index contributed by atoms with van der Waals surface area (Å²) >= 11 is 3.24. The minimum absolute atomic E-state index is 0.0776. The normalized spacial score (nSPS) is 23.9. The predicted molar refractivity (Wildman–Crippen MR) is 62.9 cm³/mol. The number of hydrogen-bond acceptors (Lipinski definition) is 1. The molecule has 100 valence electrons. The first-order valence-corrected chi connectivity index (χ1v) is 6.64. The average molecular weight is 316 g/mol. The summed E-state index contributed by atoms with van der Waals surface area (Å²) < 4.78 is 37.8. The molecule has 0 N–H and O–H groups in total. The minimum Gasteiger partial charge on any atom is -0.341 e. The van der Waals surface area contributed by atoms with Crippen LogP contribution >= 0.6 is 15.9 Å². The van der Waals surface area contributed by atoms with E-state index in [1.54, 1.807) is 0 Å². The third kappa shape index (κ3) is 3.86. The Labute approximate surface area is 108 Å². The molecule has 2 nitrogen and oxygen atoms in total. The number of amides is 1. The maximum Gasteiger partial charge on any atom is 0.393 e. The highest BCUT2D eigenvalue weighted by Gasteiger charge is 2.43. The van der Waals surface area contributed by atoms with Crippen molar-refractivity contribution in [3.8, 4) is 0 Å². The second kappa shape index (κ2) is 5.59. The van der Waals surface area contributed by atoms with Gasteiger partial charge in [-0.1, -0.05) is 29.8 Å². The van der Waals surface area contributed by atoms with Crippen LogP contribution in [0.15, 0.2) is 0 Å². The summed E-state index contributed by atoms with van der Waals surface area (Å²) in [7, 11) is 0. The van der Waals surface area contributed by atoms with E-state index in [0.29, 0.717) is 13.0 Å². The Morgan fingerprint density at radius 2 is 2.00 bits per heavy atom. The van der Waals surface area contributed by atoms with Gasteiger partial charge in [0.2, 0.25) is 5.91 Å². The molecule has 0 aromatic heterocycles. The number of rotatable bonds is 2. The maximum absolute atomic E-state index is 12.6. The number of hydrogen-bond donors (Lipinski definition) is 0. The van der Waals surface area contributed by atoms with Gasteiger partial charge in [0, 0.05) is 13.1 Å². The van der Waals surface area contributed by atoms with Crippen LogP contribution in [0, 0.1) is 11.8 Å². The van der Waals surface area contributed by atoms with Gasteiger partial charge in [-0.3, -0.25) is 4.79 Å². The largest absolute Gasteiger partial charge is 0.393 e. The predicted octanol–water partition coefficient (Wildman–Crippen LogP) is 3.21. The molecule has 0 aromatic rings. The fourth-order valence-electron chi connectivity index (χ4n) is 1.90. The number of alkyl halides is 4. The summed E-state index contributed by atoms with van der Waals surface area (Å²) in [6.45, 7) is 3.96. The summed E-state index contributed by atoms with van der Waals surface area (Å²) in [5.41, 5.74) is 0. The molecule has 0 radical (unpaired) electrons. The van der Waals surface area contributed by atoms with Gasteiger partial charge >= 0.3 is 6.18 Å². The number of piperidine rings is 1. The lowest BCUT2D eigenvalue weighted by Crippen LogP contribution is -2.47. The molecule has 1 aliphatic heterocycles. The molecular weight excluding hydrogens is 299 g/mol. The zero-order chi connectivity index (χ0) is 13.2. The fourth-order valence-corrected chi connectivity index (χ4v) is 2.19. The Morgan fingerprint density at radius 1 is 1.41 bits per heavy atom. The summed E-state index contributed by atoms with van der Waals surface area (Å²) in [6, 6.07) is 0. The van der Waals surface area contributed by atoms with Crippen LogP contribution in [0.25, 0.3) is 0 Å². The molecule has 0 spiro atoms. The molecule has 0 aromatic carbocycles. The standard InChI is InChI=1S/C11H17BrF3NO/c1-7(2)9(12)10(17)16-5-3-4-8(6-16)11(13,14)15/h7-9H,3-6H2,1-2H3. The van der Waals surface area contributed by atoms with Crippen LogP contribution in [-0.4, -0.2) is 34.9 Å². The molecule has 1 fully saturated rings. The van der Waals surface area contributed by atoms with E-state index in [9.17, 15) is 18.0 Å². The van der Waals surface area contributed by atoms with Gasteiger partial charge in [-0.15, -0.1) is 0 Å². The number of carbonyl (C=O) groups excluding carboxylic acids is 1. The monoisotopic (exact) mass is 315 g/mol. The molecule has 1 saturated heterocycles. The van der Waals surface area contributed by atoms with Crippen LogP contribution in [0.2, 0.25) is 0 Å². The van der Waals surface area contributed by atoms with Crippen LogP contribution in [-0.2, 0) is 4.79 Å². The molecule has 1 amide bonds. The lowest BCUT2D eigenvalue weighted by Gasteiger charge is -2.35. The Balaban J connectivity index is 2.64. The van der Waals surface area contributed by atoms with E-state index in [4.69, 9.17) is 0 Å². The number of halogens is 4. The maximum atomic E-state index is 12.6. The van der Waals surface area contributed by atoms with E-state index < -0.39 is 16.9 Å². The van der Waals surface area contributed by atoms with E-state index in [1.807, 2.05) is 13.8 Å². The number of nitrogens with zero attached hydrogens (tertiary/aromatic N) is 1. The molecule has 2 atom stereocenters. The van der Waals surface area contributed by atoms with E-state index >= 15 is 0 Å². The van der Waals surface area contributed by atoms with Crippen molar-refractivity contribution in [3.63, 3.8) is 0 Å². The molecule has 0 bridgehead atoms. The molecule has 1 aliphatic rings. The van der Waals surface area contributed by atoms with Gasteiger partial charge in [0.1, 0.15) is 0 Å². The van der Waals surface area contributed by atoms with Crippen molar-refractivity contribution in [3.05, 3.63) is 0 Å². The van der Waals surface area contributed by atoms with Crippen molar-refractivity contribution >= 4 is 21.8 Å². The summed E-state index contributed by atoms with van der Waals surface area (Å²) in [5, 5.41) is 0. The highest BCUT2D eigenvalue weighted by molar-refractivity contribution is 9.10. The van der Waals surface area contributed by atoms with Crippen LogP contribution < -0.4 is 0 Å². The van der Waals surface area contributed by atoms with Gasteiger partial charge in [0.15, 0.2) is 0 Å². The molecule has 6 heteroatoms. The van der Waals surface area contributed by atoms with Gasteiger partial charge in [-0.25, -0.2) is 0 Å². The quantitative estimate of drug-likeness (QED) is 0.717. The van der Waals surface area contributed by atoms with Crippen LogP contribution in [0.3, 0.4) is 0 Å². The second-order valence-corrected chi connectivity index (χ2v) is 5.80. The van der Waals surface area contributed by atoms with Crippen molar-refractivity contribution in [2.75, 3.05) is 13.1 Å². The van der Waals surface area contributed by atoms with E-state index in [0.717, 1.165) is 0 Å². The highest BCUT2D eigenvalue weighted by Crippen LogP contribution is 2.33. The Hall–Kier alpha value is -0.260. The number of likely N-dealkylation sites (tertiary alicyclic amines) is 1. The topological polar surface area (TPSA) is 20.3 Å². The van der Waals surface area contributed by atoms with Gasteiger partial charge < -0.3 is 4.90 Å². The first-order chi connectivity index (χ1) is 7.73. The van der Waals surface area contributed by atoms with Crippen LogP contribution in [0.5, 0.6) is 0 Å².